The minimum Gasteiger partial charge on any atom is -0.462 e. The number of esters is 2. The van der Waals surface area contributed by atoms with Crippen molar-refractivity contribution in [2.24, 2.45) is 11.8 Å². The van der Waals surface area contributed by atoms with Crippen molar-refractivity contribution in [3.63, 3.8) is 0 Å². The van der Waals surface area contributed by atoms with Crippen molar-refractivity contribution in [2.75, 3.05) is 13.2 Å². The average molecular weight is 487 g/mol. The molecule has 198 valence electrons. The maximum absolute atomic E-state index is 10.8. The fourth-order valence-electron chi connectivity index (χ4n) is 2.88. The number of unbranched alkanes of at least 4 members (excludes halogenated alkanes) is 1. The van der Waals surface area contributed by atoms with E-state index in [9.17, 15) is 9.59 Å². The predicted octanol–water partition coefficient (Wildman–Crippen LogP) is 8.32. The summed E-state index contributed by atoms with van der Waals surface area (Å²) in [5.74, 6) is 0.302. The van der Waals surface area contributed by atoms with Crippen LogP contribution < -0.4 is 0 Å². The van der Waals surface area contributed by atoms with E-state index in [1.54, 1.807) is 6.92 Å². The highest BCUT2D eigenvalue weighted by Crippen LogP contribution is 2.25. The second kappa shape index (κ2) is 19.7. The zero-order valence-corrected chi connectivity index (χ0v) is 23.6. The standard InChI is InChI=1S/C12H16.C11H20O2.C8H14O2/c1-5-10-8-6-7-9-11(10)12(2,3)4;1-4-7-8-10(5-2)9-13-11(12)6-3;1-6(2)5-10-8(9)7(3)4/h5-9H,1H2,2-4H3;6,10H,3-5,7-9H2,1-2H3;6H,3,5H2,1-2,4H3. The zero-order valence-electron chi connectivity index (χ0n) is 23.6. The number of ether oxygens (including phenoxy) is 2. The first kappa shape index (κ1) is 34.5. The van der Waals surface area contributed by atoms with Crippen LogP contribution in [0.1, 0.15) is 92.2 Å². The van der Waals surface area contributed by atoms with E-state index in [1.807, 2.05) is 26.0 Å². The third kappa shape index (κ3) is 18.4. The highest BCUT2D eigenvalue weighted by atomic mass is 16.5. The van der Waals surface area contributed by atoms with E-state index in [0.717, 1.165) is 12.8 Å². The van der Waals surface area contributed by atoms with Crippen LogP contribution in [0.4, 0.5) is 0 Å². The van der Waals surface area contributed by atoms with E-state index in [0.29, 0.717) is 30.6 Å². The second-order valence-electron chi connectivity index (χ2n) is 10.1. The highest BCUT2D eigenvalue weighted by molar-refractivity contribution is 5.86. The largest absolute Gasteiger partial charge is 0.462 e. The molecule has 4 nitrogen and oxygen atoms in total. The van der Waals surface area contributed by atoms with Crippen LogP contribution in [0.25, 0.3) is 6.08 Å². The van der Waals surface area contributed by atoms with Crippen molar-refractivity contribution in [3.05, 3.63) is 66.8 Å². The normalized spacial score (nSPS) is 11.1. The molecule has 0 aliphatic rings. The lowest BCUT2D eigenvalue weighted by molar-refractivity contribution is -0.140. The van der Waals surface area contributed by atoms with E-state index >= 15 is 0 Å². The molecular weight excluding hydrogens is 436 g/mol. The summed E-state index contributed by atoms with van der Waals surface area (Å²) >= 11 is 0. The molecule has 0 radical (unpaired) electrons. The SMILES string of the molecule is C=C(C)C(=O)OCC(C)C.C=CC(=O)OCC(CC)CCCC.C=Cc1ccccc1C(C)(C)C. The van der Waals surface area contributed by atoms with Gasteiger partial charge in [-0.1, -0.05) is 118 Å². The Morgan fingerprint density at radius 1 is 1.03 bits per heavy atom. The Morgan fingerprint density at radius 2 is 1.63 bits per heavy atom. The molecular formula is C31H50O4. The number of carbonyl (C=O) groups excluding carboxylic acids is 2. The fourth-order valence-corrected chi connectivity index (χ4v) is 2.88. The van der Waals surface area contributed by atoms with Crippen LogP contribution in [-0.2, 0) is 24.5 Å². The maximum atomic E-state index is 10.8. The molecule has 0 heterocycles. The van der Waals surface area contributed by atoms with Crippen molar-refractivity contribution >= 4 is 18.0 Å². The summed E-state index contributed by atoms with van der Waals surface area (Å²) in [7, 11) is 0. The first-order chi connectivity index (χ1) is 16.3. The van der Waals surface area contributed by atoms with Crippen molar-refractivity contribution in [1.29, 1.82) is 0 Å². The second-order valence-corrected chi connectivity index (χ2v) is 10.1. The number of rotatable bonds is 11. The molecule has 1 aromatic carbocycles. The fraction of sp³-hybridized carbons (Fsp3) is 0.548. The minimum absolute atomic E-state index is 0.213. The van der Waals surface area contributed by atoms with Gasteiger partial charge in [0.15, 0.2) is 0 Å². The van der Waals surface area contributed by atoms with Crippen molar-refractivity contribution in [2.45, 2.75) is 86.5 Å². The Labute approximate surface area is 215 Å². The summed E-state index contributed by atoms with van der Waals surface area (Å²) in [6.07, 6.45) is 7.77. The summed E-state index contributed by atoms with van der Waals surface area (Å²) in [6.45, 7) is 28.2. The van der Waals surface area contributed by atoms with E-state index in [4.69, 9.17) is 9.47 Å². The van der Waals surface area contributed by atoms with Gasteiger partial charge in [-0.15, -0.1) is 0 Å². The van der Waals surface area contributed by atoms with Crippen LogP contribution in [0, 0.1) is 11.8 Å². The first-order valence-corrected chi connectivity index (χ1v) is 12.7. The van der Waals surface area contributed by atoms with Gasteiger partial charge < -0.3 is 9.47 Å². The van der Waals surface area contributed by atoms with Gasteiger partial charge in [-0.25, -0.2) is 9.59 Å². The Morgan fingerprint density at radius 3 is 2.03 bits per heavy atom. The Hall–Kier alpha value is -2.62. The third-order valence-corrected chi connectivity index (χ3v) is 5.06. The summed E-state index contributed by atoms with van der Waals surface area (Å²) in [4.78, 5) is 21.5. The van der Waals surface area contributed by atoms with Crippen LogP contribution >= 0.6 is 0 Å². The van der Waals surface area contributed by atoms with Crippen molar-refractivity contribution in [3.8, 4) is 0 Å². The number of benzene rings is 1. The molecule has 1 rings (SSSR count). The van der Waals surface area contributed by atoms with Crippen LogP contribution in [0.3, 0.4) is 0 Å². The van der Waals surface area contributed by atoms with Gasteiger partial charge in [0.2, 0.25) is 0 Å². The lowest BCUT2D eigenvalue weighted by Gasteiger charge is -2.21. The van der Waals surface area contributed by atoms with Crippen molar-refractivity contribution < 1.29 is 19.1 Å². The first-order valence-electron chi connectivity index (χ1n) is 12.7. The minimum atomic E-state index is -0.310. The molecule has 0 spiro atoms. The smallest absolute Gasteiger partial charge is 0.333 e. The molecule has 35 heavy (non-hydrogen) atoms. The molecule has 0 aliphatic heterocycles. The zero-order chi connectivity index (χ0) is 27.4. The predicted molar refractivity (Wildman–Crippen MR) is 150 cm³/mol. The van der Waals surface area contributed by atoms with Crippen LogP contribution in [0.5, 0.6) is 0 Å². The van der Waals surface area contributed by atoms with Crippen molar-refractivity contribution in [1.82, 2.24) is 0 Å². The Balaban J connectivity index is 0. The average Bonchev–Trinajstić information content (AvgIpc) is 2.82. The molecule has 0 saturated heterocycles. The van der Waals surface area contributed by atoms with Gasteiger partial charge in [-0.2, -0.15) is 0 Å². The molecule has 0 aliphatic carbocycles. The molecule has 0 saturated carbocycles. The van der Waals surface area contributed by atoms with Crippen LogP contribution in [0.15, 0.2) is 55.7 Å². The number of hydrogen-bond donors (Lipinski definition) is 0. The maximum Gasteiger partial charge on any atom is 0.333 e. The quantitative estimate of drug-likeness (QED) is 0.233. The highest BCUT2D eigenvalue weighted by Gasteiger charge is 2.15. The summed E-state index contributed by atoms with van der Waals surface area (Å²) in [5.41, 5.74) is 3.27. The lowest BCUT2D eigenvalue weighted by atomic mass is 9.84. The van der Waals surface area contributed by atoms with Gasteiger partial charge in [0.25, 0.3) is 0 Å². The number of hydrogen-bond acceptors (Lipinski definition) is 4. The molecule has 0 fully saturated rings. The molecule has 1 atom stereocenters. The Kier molecular flexibility index (Phi) is 19.4. The monoisotopic (exact) mass is 486 g/mol. The van der Waals surface area contributed by atoms with Gasteiger partial charge in [-0.3, -0.25) is 0 Å². The van der Waals surface area contributed by atoms with E-state index in [1.165, 1.54) is 30.0 Å². The molecule has 0 aromatic heterocycles. The van der Waals surface area contributed by atoms with E-state index in [-0.39, 0.29) is 17.4 Å². The van der Waals surface area contributed by atoms with Gasteiger partial charge in [0, 0.05) is 11.6 Å². The molecule has 0 amide bonds. The molecule has 0 bridgehead atoms. The molecule has 1 unspecified atom stereocenters. The van der Waals surface area contributed by atoms with Crippen LogP contribution in [0.2, 0.25) is 0 Å². The third-order valence-electron chi connectivity index (χ3n) is 5.06. The number of carbonyl (C=O) groups is 2. The van der Waals surface area contributed by atoms with E-state index < -0.39 is 0 Å². The summed E-state index contributed by atoms with van der Waals surface area (Å²) < 4.78 is 9.81. The van der Waals surface area contributed by atoms with Gasteiger partial charge >= 0.3 is 11.9 Å². The van der Waals surface area contributed by atoms with Gasteiger partial charge in [0.05, 0.1) is 13.2 Å². The molecule has 1 aromatic rings. The summed E-state index contributed by atoms with van der Waals surface area (Å²) in [5, 5.41) is 0. The summed E-state index contributed by atoms with van der Waals surface area (Å²) in [6, 6.07) is 8.39. The topological polar surface area (TPSA) is 52.6 Å². The van der Waals surface area contributed by atoms with Gasteiger partial charge in [-0.05, 0) is 41.7 Å². The Bertz CT molecular complexity index is 768. The molecule has 4 heteroatoms. The van der Waals surface area contributed by atoms with Gasteiger partial charge in [0.1, 0.15) is 0 Å². The van der Waals surface area contributed by atoms with Crippen LogP contribution in [-0.4, -0.2) is 25.2 Å². The molecule has 0 N–H and O–H groups in total. The van der Waals surface area contributed by atoms with E-state index in [2.05, 4.69) is 72.6 Å². The lowest BCUT2D eigenvalue weighted by Crippen LogP contribution is -2.12.